The van der Waals surface area contributed by atoms with Gasteiger partial charge in [-0.15, -0.1) is 0 Å². The molecule has 4 rings (SSSR count). The summed E-state index contributed by atoms with van der Waals surface area (Å²) in [6, 6.07) is 8.43. The van der Waals surface area contributed by atoms with Crippen LogP contribution >= 0.6 is 11.6 Å². The van der Waals surface area contributed by atoms with Gasteiger partial charge >= 0.3 is 12.0 Å². The van der Waals surface area contributed by atoms with Crippen LogP contribution in [0.25, 0.3) is 0 Å². The number of phenolic OH excluding ortho intramolecular Hbond substituents is 1. The van der Waals surface area contributed by atoms with Gasteiger partial charge in [0.05, 0.1) is 12.1 Å². The lowest BCUT2D eigenvalue weighted by Crippen LogP contribution is -2.51. The van der Waals surface area contributed by atoms with E-state index < -0.39 is 11.9 Å². The number of aromatic carboxylic acids is 1. The van der Waals surface area contributed by atoms with E-state index >= 15 is 0 Å². The number of halogens is 1. The highest BCUT2D eigenvalue weighted by molar-refractivity contribution is 6.31. The highest BCUT2D eigenvalue weighted by Gasteiger charge is 2.31. The average Bonchev–Trinajstić information content (AvgIpc) is 2.99. The minimum Gasteiger partial charge on any atom is -0.508 e. The van der Waals surface area contributed by atoms with E-state index in [1.54, 1.807) is 21.9 Å². The van der Waals surface area contributed by atoms with Crippen molar-refractivity contribution in [1.82, 2.24) is 15.1 Å². The topological polar surface area (TPSA) is 139 Å². The van der Waals surface area contributed by atoms with Crippen molar-refractivity contribution in [3.63, 3.8) is 0 Å². The molecule has 4 amide bonds. The summed E-state index contributed by atoms with van der Waals surface area (Å²) in [6.45, 7) is 1.16. The molecule has 2 heterocycles. The number of hydrogen-bond acceptors (Lipinski definition) is 5. The third kappa shape index (κ3) is 5.65. The number of piperidine rings is 1. The molecule has 2 aliphatic heterocycles. The zero-order valence-corrected chi connectivity index (χ0v) is 19.5. The average molecular weight is 501 g/mol. The third-order valence-corrected chi connectivity index (χ3v) is 6.50. The van der Waals surface area contributed by atoms with Gasteiger partial charge in [-0.2, -0.15) is 0 Å². The van der Waals surface area contributed by atoms with Crippen molar-refractivity contribution < 1.29 is 29.4 Å². The van der Waals surface area contributed by atoms with Crippen LogP contribution in [0.3, 0.4) is 0 Å². The summed E-state index contributed by atoms with van der Waals surface area (Å²) in [5.74, 6) is -1.91. The number of nitrogens with one attached hydrogen (secondary N) is 2. The Bertz CT molecular complexity index is 1180. The van der Waals surface area contributed by atoms with E-state index in [-0.39, 0.29) is 46.4 Å². The second-order valence-corrected chi connectivity index (χ2v) is 8.98. The van der Waals surface area contributed by atoms with E-state index in [9.17, 15) is 24.3 Å². The number of rotatable bonds is 5. The van der Waals surface area contributed by atoms with Crippen LogP contribution in [-0.4, -0.2) is 76.0 Å². The van der Waals surface area contributed by atoms with Gasteiger partial charge in [-0.1, -0.05) is 11.6 Å². The van der Waals surface area contributed by atoms with Crippen LogP contribution in [-0.2, 0) is 11.2 Å². The first-order valence-electron chi connectivity index (χ1n) is 11.2. The minimum absolute atomic E-state index is 0.0301. The number of hydrogen-bond donors (Lipinski definition) is 4. The predicted molar refractivity (Wildman–Crippen MR) is 128 cm³/mol. The van der Waals surface area contributed by atoms with Gasteiger partial charge in [0.15, 0.2) is 0 Å². The van der Waals surface area contributed by atoms with Gasteiger partial charge in [0.2, 0.25) is 5.91 Å². The smallest absolute Gasteiger partial charge is 0.335 e. The molecular formula is C24H25ClN4O6. The van der Waals surface area contributed by atoms with E-state index in [1.807, 2.05) is 0 Å². The number of carbonyl (C=O) groups is 4. The van der Waals surface area contributed by atoms with Crippen LogP contribution in [0.1, 0.15) is 39.1 Å². The van der Waals surface area contributed by atoms with Crippen LogP contribution in [0.5, 0.6) is 5.75 Å². The van der Waals surface area contributed by atoms with Crippen LogP contribution in [0.15, 0.2) is 36.4 Å². The SMILES string of the molecule is O=C(O)c1cc(Cl)cc(C(=O)NCC(=O)N2CCC(N3CCc4cc(O)ccc4NC3=O)CC2)c1. The van der Waals surface area contributed by atoms with Crippen molar-refractivity contribution in [2.45, 2.75) is 25.3 Å². The summed E-state index contributed by atoms with van der Waals surface area (Å²) in [5.41, 5.74) is 1.50. The Morgan fingerprint density at radius 1 is 1.06 bits per heavy atom. The largest absolute Gasteiger partial charge is 0.508 e. The fraction of sp³-hybridized carbons (Fsp3) is 0.333. The molecule has 10 nitrogen and oxygen atoms in total. The number of nitrogens with zero attached hydrogens (tertiary/aromatic N) is 2. The molecule has 0 unspecified atom stereocenters. The molecule has 0 saturated carbocycles. The maximum atomic E-state index is 12.8. The summed E-state index contributed by atoms with van der Waals surface area (Å²) in [5, 5.41) is 24.4. The molecule has 0 bridgehead atoms. The van der Waals surface area contributed by atoms with E-state index in [0.717, 1.165) is 5.56 Å². The number of fused-ring (bicyclic) bond motifs is 1. The number of anilines is 1. The number of benzene rings is 2. The number of aromatic hydroxyl groups is 1. The molecule has 1 fully saturated rings. The molecule has 184 valence electrons. The van der Waals surface area contributed by atoms with Crippen LogP contribution in [0.4, 0.5) is 10.5 Å². The van der Waals surface area contributed by atoms with Gasteiger partial charge in [-0.05, 0) is 61.2 Å². The molecule has 4 N–H and O–H groups in total. The quantitative estimate of drug-likeness (QED) is 0.465. The Morgan fingerprint density at radius 2 is 1.77 bits per heavy atom. The predicted octanol–water partition coefficient (Wildman–Crippen LogP) is 2.55. The molecule has 0 aliphatic carbocycles. The first kappa shape index (κ1) is 24.3. The van der Waals surface area contributed by atoms with Crippen molar-refractivity contribution in [2.75, 3.05) is 31.5 Å². The Morgan fingerprint density at radius 3 is 2.49 bits per heavy atom. The molecule has 35 heavy (non-hydrogen) atoms. The standard InChI is InChI=1S/C24H25ClN4O6/c25-17-10-15(9-16(11-17)23(33)34)22(32)26-13-21(31)28-6-4-18(5-7-28)29-8-3-14-12-19(30)1-2-20(14)27-24(29)35/h1-2,9-12,18,30H,3-8,13H2,(H,26,32)(H,27,35)(H,33,34). The molecule has 0 atom stereocenters. The number of amides is 4. The first-order valence-corrected chi connectivity index (χ1v) is 11.6. The van der Waals surface area contributed by atoms with E-state index in [0.29, 0.717) is 44.6 Å². The lowest BCUT2D eigenvalue weighted by molar-refractivity contribution is -0.131. The number of phenols is 1. The van der Waals surface area contributed by atoms with Crippen molar-refractivity contribution in [2.24, 2.45) is 0 Å². The fourth-order valence-electron chi connectivity index (χ4n) is 4.43. The van der Waals surface area contributed by atoms with Crippen molar-refractivity contribution >= 4 is 41.1 Å². The first-order chi connectivity index (χ1) is 16.7. The van der Waals surface area contributed by atoms with E-state index in [1.165, 1.54) is 24.3 Å². The zero-order chi connectivity index (χ0) is 25.1. The third-order valence-electron chi connectivity index (χ3n) is 6.28. The lowest BCUT2D eigenvalue weighted by Gasteiger charge is -2.38. The summed E-state index contributed by atoms with van der Waals surface area (Å²) in [6.07, 6.45) is 1.82. The molecule has 0 aromatic heterocycles. The molecule has 0 radical (unpaired) electrons. The molecule has 0 spiro atoms. The molecule has 2 aromatic rings. The normalized spacial score (nSPS) is 16.2. The van der Waals surface area contributed by atoms with Gasteiger partial charge in [0.1, 0.15) is 5.75 Å². The van der Waals surface area contributed by atoms with E-state index in [2.05, 4.69) is 10.6 Å². The van der Waals surface area contributed by atoms with Crippen LogP contribution in [0, 0.1) is 0 Å². The van der Waals surface area contributed by atoms with Crippen molar-refractivity contribution in [3.05, 3.63) is 58.1 Å². The van der Waals surface area contributed by atoms with Gasteiger partial charge in [0, 0.05) is 41.9 Å². The zero-order valence-electron chi connectivity index (χ0n) is 18.8. The van der Waals surface area contributed by atoms with Gasteiger partial charge in [0.25, 0.3) is 5.91 Å². The Hall–Kier alpha value is -3.79. The summed E-state index contributed by atoms with van der Waals surface area (Å²) < 4.78 is 0. The summed E-state index contributed by atoms with van der Waals surface area (Å²) in [7, 11) is 0. The Kier molecular flexibility index (Phi) is 7.11. The summed E-state index contributed by atoms with van der Waals surface area (Å²) >= 11 is 5.89. The lowest BCUT2D eigenvalue weighted by atomic mass is 10.0. The molecule has 11 heteroatoms. The number of likely N-dealkylation sites (tertiary alicyclic amines) is 1. The molecule has 2 aliphatic rings. The second-order valence-electron chi connectivity index (χ2n) is 8.54. The molecule has 2 aromatic carbocycles. The van der Waals surface area contributed by atoms with Crippen molar-refractivity contribution in [1.29, 1.82) is 0 Å². The van der Waals surface area contributed by atoms with Gasteiger partial charge in [-0.3, -0.25) is 9.59 Å². The molecular weight excluding hydrogens is 476 g/mol. The molecule has 1 saturated heterocycles. The Balaban J connectivity index is 1.29. The number of carboxylic acid groups (broad SMARTS) is 1. The fourth-order valence-corrected chi connectivity index (χ4v) is 4.66. The van der Waals surface area contributed by atoms with Gasteiger partial charge in [-0.25, -0.2) is 9.59 Å². The summed E-state index contributed by atoms with van der Waals surface area (Å²) in [4.78, 5) is 52.4. The number of urea groups is 1. The maximum Gasteiger partial charge on any atom is 0.335 e. The van der Waals surface area contributed by atoms with E-state index in [4.69, 9.17) is 16.7 Å². The number of carboxylic acids is 1. The number of carbonyl (C=O) groups excluding carboxylic acids is 3. The van der Waals surface area contributed by atoms with Gasteiger partial charge < -0.3 is 30.6 Å². The second kappa shape index (κ2) is 10.2. The van der Waals surface area contributed by atoms with Crippen LogP contribution < -0.4 is 10.6 Å². The Labute approximate surface area is 206 Å². The maximum absolute atomic E-state index is 12.8. The highest BCUT2D eigenvalue weighted by atomic mass is 35.5. The minimum atomic E-state index is -1.21. The monoisotopic (exact) mass is 500 g/mol. The van der Waals surface area contributed by atoms with Crippen molar-refractivity contribution in [3.8, 4) is 5.75 Å². The van der Waals surface area contributed by atoms with Crippen LogP contribution in [0.2, 0.25) is 5.02 Å². The highest BCUT2D eigenvalue weighted by Crippen LogP contribution is 2.27.